The summed E-state index contributed by atoms with van der Waals surface area (Å²) in [4.78, 5) is 128. The molecule has 8 rings (SSSR count). The second-order valence-electron chi connectivity index (χ2n) is 25.5. The fourth-order valence-corrected chi connectivity index (χ4v) is 13.7. The minimum absolute atomic E-state index is 0.0460. The maximum atomic E-state index is 14.7. The average Bonchev–Trinajstić information content (AvgIpc) is 1.63. The number of fused-ring (bicyclic) bond motifs is 2. The fourth-order valence-electron chi connectivity index (χ4n) is 13.7. The summed E-state index contributed by atoms with van der Waals surface area (Å²) in [6, 6.07) is 31.9. The number of benzene rings is 4. The number of amides is 9. The summed E-state index contributed by atoms with van der Waals surface area (Å²) >= 11 is 0. The second-order valence-corrected chi connectivity index (χ2v) is 25.5. The zero-order valence-electron chi connectivity index (χ0n) is 57.1. The van der Waals surface area contributed by atoms with E-state index in [9.17, 15) is 43.2 Å². The average molecular weight is 1360 g/mol. The molecule has 4 aliphatic rings. The molecule has 11 atom stereocenters. The van der Waals surface area contributed by atoms with E-state index in [0.29, 0.717) is 89.3 Å². The van der Waals surface area contributed by atoms with E-state index in [1.807, 2.05) is 98.8 Å². The lowest BCUT2D eigenvalue weighted by Crippen LogP contribution is -2.59. The third-order valence-electron chi connectivity index (χ3n) is 19.1. The maximum Gasteiger partial charge on any atom is 0.247 e. The van der Waals surface area contributed by atoms with Crippen molar-refractivity contribution < 1.29 is 62.1 Å². The molecule has 4 heterocycles. The molecule has 532 valence electrons. The third-order valence-corrected chi connectivity index (χ3v) is 19.1. The number of likely N-dealkylation sites (N-methyl/N-ethyl adjacent to an activating group) is 2. The Bertz CT molecular complexity index is 3130. The van der Waals surface area contributed by atoms with Crippen LogP contribution in [-0.2, 0) is 68.6 Å². The summed E-state index contributed by atoms with van der Waals surface area (Å²) in [5, 5.41) is 30.2. The number of nitrogens with zero attached hydrogens (tertiary/aromatic N) is 2. The number of ether oxygens (including phenoxy) is 4. The van der Waals surface area contributed by atoms with Gasteiger partial charge in [0.15, 0.2) is 0 Å². The van der Waals surface area contributed by atoms with Crippen LogP contribution in [0.2, 0.25) is 0 Å². The van der Waals surface area contributed by atoms with Gasteiger partial charge in [-0.05, 0) is 119 Å². The topological polar surface area (TPSA) is 317 Å². The molecule has 25 nitrogen and oxygen atoms in total. The summed E-state index contributed by atoms with van der Waals surface area (Å²) in [6.45, 7) is 6.00. The molecule has 4 aromatic carbocycles. The molecule has 0 aromatic heterocycles. The van der Waals surface area contributed by atoms with E-state index in [1.54, 1.807) is 48.2 Å². The number of nitrogens with one attached hydrogen (secondary N) is 10. The Kier molecular flexibility index (Phi) is 30.9. The number of rotatable bonds is 39. The SMILES string of the molecule is CC[C@H](NC)C(=O)N[C@@H]1C(=O)N2[C@@H](CC[C@@H]1CNC(=O)COCC(=O)NCCOCCOCCOCCNC(=O)[C@@H](NC(=O)[C@@H]1CC[C@@H]3CC[C@H](CCNCc4ccccc4)[C@H](NC(=O)[C@H](CC)NC)C(=O)N31)c1ccccc1)CC[C@H]2C(=O)NC(c1ccccc1)c1ccccc1. The van der Waals surface area contributed by atoms with Crippen LogP contribution in [0, 0.1) is 11.8 Å². The molecule has 0 radical (unpaired) electrons. The molecule has 0 spiro atoms. The van der Waals surface area contributed by atoms with Gasteiger partial charge in [-0.3, -0.25) is 43.2 Å². The van der Waals surface area contributed by atoms with Gasteiger partial charge >= 0.3 is 0 Å². The van der Waals surface area contributed by atoms with Crippen LogP contribution in [0.3, 0.4) is 0 Å². The predicted molar refractivity (Wildman–Crippen MR) is 368 cm³/mol. The number of hydrogen-bond acceptors (Lipinski definition) is 16. The van der Waals surface area contributed by atoms with Gasteiger partial charge in [-0.15, -0.1) is 0 Å². The Morgan fingerprint density at radius 2 is 0.908 bits per heavy atom. The highest BCUT2D eigenvalue weighted by Gasteiger charge is 2.50. The van der Waals surface area contributed by atoms with Gasteiger partial charge in [0.25, 0.3) is 0 Å². The molecule has 0 aliphatic carbocycles. The van der Waals surface area contributed by atoms with Gasteiger partial charge in [-0.25, -0.2) is 0 Å². The highest BCUT2D eigenvalue weighted by molar-refractivity contribution is 5.97. The van der Waals surface area contributed by atoms with E-state index in [4.69, 9.17) is 18.9 Å². The van der Waals surface area contributed by atoms with E-state index >= 15 is 0 Å². The summed E-state index contributed by atoms with van der Waals surface area (Å²) in [5.41, 5.74) is 3.52. The normalized spacial score (nSPS) is 21.5. The van der Waals surface area contributed by atoms with Crippen LogP contribution >= 0.6 is 0 Å². The van der Waals surface area contributed by atoms with E-state index in [0.717, 1.165) is 16.7 Å². The Morgan fingerprint density at radius 1 is 0.469 bits per heavy atom. The van der Waals surface area contributed by atoms with Crippen molar-refractivity contribution in [2.45, 2.75) is 151 Å². The van der Waals surface area contributed by atoms with Crippen LogP contribution in [0.4, 0.5) is 0 Å². The minimum atomic E-state index is -1.05. The maximum absolute atomic E-state index is 14.7. The van der Waals surface area contributed by atoms with Crippen LogP contribution in [0.1, 0.15) is 119 Å². The zero-order chi connectivity index (χ0) is 69.6. The lowest BCUT2D eigenvalue weighted by atomic mass is 9.90. The lowest BCUT2D eigenvalue weighted by molar-refractivity contribution is -0.144. The number of carbonyl (C=O) groups excluding carboxylic acids is 9. The molecule has 10 N–H and O–H groups in total. The van der Waals surface area contributed by atoms with E-state index in [2.05, 4.69) is 65.3 Å². The van der Waals surface area contributed by atoms with Gasteiger partial charge < -0.3 is 81.9 Å². The second kappa shape index (κ2) is 40.0. The molecule has 4 aromatic rings. The highest BCUT2D eigenvalue weighted by Crippen LogP contribution is 2.37. The Hall–Kier alpha value is -8.17. The first-order valence-corrected chi connectivity index (χ1v) is 34.9. The summed E-state index contributed by atoms with van der Waals surface area (Å²) < 4.78 is 22.4. The summed E-state index contributed by atoms with van der Waals surface area (Å²) in [7, 11) is 3.39. The Labute approximate surface area is 575 Å². The van der Waals surface area contributed by atoms with Gasteiger partial charge in [0.05, 0.1) is 57.8 Å². The van der Waals surface area contributed by atoms with Crippen molar-refractivity contribution in [1.82, 2.24) is 63.0 Å². The van der Waals surface area contributed by atoms with Crippen molar-refractivity contribution in [3.63, 3.8) is 0 Å². The van der Waals surface area contributed by atoms with E-state index in [-0.39, 0.29) is 113 Å². The lowest BCUT2D eigenvalue weighted by Gasteiger charge is -2.33. The number of hydrogen-bond donors (Lipinski definition) is 10. The van der Waals surface area contributed by atoms with Crippen molar-refractivity contribution >= 4 is 53.2 Å². The van der Waals surface area contributed by atoms with Gasteiger partial charge in [0.2, 0.25) is 53.2 Å². The van der Waals surface area contributed by atoms with Gasteiger partial charge in [-0.1, -0.05) is 135 Å². The smallest absolute Gasteiger partial charge is 0.247 e. The predicted octanol–water partition coefficient (Wildman–Crippen LogP) is 2.85. The molecule has 9 amide bonds. The largest absolute Gasteiger partial charge is 0.377 e. The quantitative estimate of drug-likeness (QED) is 0.0287. The summed E-state index contributed by atoms with van der Waals surface area (Å²) in [6.07, 6.45) is 6.23. The van der Waals surface area contributed by atoms with Crippen LogP contribution in [-0.4, -0.2) is 204 Å². The zero-order valence-corrected chi connectivity index (χ0v) is 57.1. The van der Waals surface area contributed by atoms with Crippen LogP contribution in [0.15, 0.2) is 121 Å². The van der Waals surface area contributed by atoms with Crippen molar-refractivity contribution in [1.29, 1.82) is 0 Å². The molecule has 0 bridgehead atoms. The molecular weight excluding hydrogens is 1250 g/mol. The van der Waals surface area contributed by atoms with Crippen molar-refractivity contribution in [3.05, 3.63) is 144 Å². The monoisotopic (exact) mass is 1350 g/mol. The van der Waals surface area contributed by atoms with Crippen molar-refractivity contribution in [2.75, 3.05) is 93.1 Å². The number of carbonyl (C=O) groups is 9. The molecule has 4 fully saturated rings. The first-order chi connectivity index (χ1) is 47.7. The van der Waals surface area contributed by atoms with E-state index < -0.39 is 84.5 Å². The molecule has 4 saturated heterocycles. The molecule has 0 unspecified atom stereocenters. The highest BCUT2D eigenvalue weighted by atomic mass is 16.5. The Morgan fingerprint density at radius 3 is 1.42 bits per heavy atom. The molecular formula is C73H102N12O13. The standard InChI is InChI=1S/C73H102N12O13/c1-5-57(74-3)67(88)82-65-53(35-36-76-45-49-19-11-7-12-20-49)27-29-55-31-34-60(84(55)72(65)93)70(91)81-64(52-25-17-10-18-26-52)71(92)78-38-40-96-42-44-97-43-41-95-39-37-77-61(86)47-98-48-62(87)79-46-54-28-30-56-32-33-59(85(56)73(94)66(54)83-68(89)58(6-2)75-4)69(90)80-63(50-21-13-8-14-22-50)51-23-15-9-16-24-51/h7-26,53-60,63-66,74-76H,5-6,27-48H2,1-4H3,(H,77,86)(H,78,92)(H,79,87)(H,80,90)(H,81,91)(H,82,88)(H,83,89)/t53-,54-,55+,56+,57+,58+,59+,60+,64+,65+,66+/m1/s1. The van der Waals surface area contributed by atoms with Crippen LogP contribution in [0.5, 0.6) is 0 Å². The fraction of sp³-hybridized carbons (Fsp3) is 0.548. The van der Waals surface area contributed by atoms with Crippen molar-refractivity contribution in [3.8, 4) is 0 Å². The van der Waals surface area contributed by atoms with Crippen LogP contribution in [0.25, 0.3) is 0 Å². The Balaban J connectivity index is 0.700. The van der Waals surface area contributed by atoms with Gasteiger partial charge in [0, 0.05) is 44.2 Å². The summed E-state index contributed by atoms with van der Waals surface area (Å²) in [5.74, 6) is -4.05. The molecule has 0 saturated carbocycles. The van der Waals surface area contributed by atoms with Crippen LogP contribution < -0.4 is 53.2 Å². The molecule has 25 heteroatoms. The first kappa shape index (κ1) is 75.6. The van der Waals surface area contributed by atoms with Crippen molar-refractivity contribution in [2.24, 2.45) is 11.8 Å². The van der Waals surface area contributed by atoms with Gasteiger partial charge in [0.1, 0.15) is 43.4 Å². The molecule has 98 heavy (non-hydrogen) atoms. The van der Waals surface area contributed by atoms with E-state index in [1.165, 1.54) is 0 Å². The first-order valence-electron chi connectivity index (χ1n) is 34.9. The minimum Gasteiger partial charge on any atom is -0.377 e. The van der Waals surface area contributed by atoms with Gasteiger partial charge in [-0.2, -0.15) is 0 Å². The molecule has 4 aliphatic heterocycles. The third kappa shape index (κ3) is 21.9.